The van der Waals surface area contributed by atoms with Gasteiger partial charge in [0.2, 0.25) is 0 Å². The van der Waals surface area contributed by atoms with Crippen molar-refractivity contribution in [1.29, 1.82) is 0 Å². The van der Waals surface area contributed by atoms with Crippen LogP contribution in [0.25, 0.3) is 32.0 Å². The molecule has 0 fully saturated rings. The zero-order valence-corrected chi connectivity index (χ0v) is 22.2. The van der Waals surface area contributed by atoms with Gasteiger partial charge in [-0.1, -0.05) is 66.7 Å². The largest absolute Gasteiger partial charge is 0.478 e. The molecule has 4 nitrogen and oxygen atoms in total. The Morgan fingerprint density at radius 3 is 2.25 bits per heavy atom. The van der Waals surface area contributed by atoms with Crippen molar-refractivity contribution in [3.05, 3.63) is 142 Å². The number of fused-ring (bicyclic) bond motifs is 2. The summed E-state index contributed by atoms with van der Waals surface area (Å²) in [5.74, 6) is -1.54. The zero-order valence-electron chi connectivity index (χ0n) is 21.4. The molecule has 1 aromatic heterocycles. The van der Waals surface area contributed by atoms with E-state index < -0.39 is 5.97 Å². The predicted octanol–water partition coefficient (Wildman–Crippen LogP) is 8.08. The molecule has 6 aromatic rings. The van der Waals surface area contributed by atoms with Crippen LogP contribution >= 0.6 is 11.3 Å². The maximum atomic E-state index is 13.7. The maximum absolute atomic E-state index is 13.7. The monoisotopic (exact) mass is 545 g/mol. The summed E-state index contributed by atoms with van der Waals surface area (Å²) in [5, 5.41) is 17.5. The topological polar surface area (TPSA) is 66.4 Å². The van der Waals surface area contributed by atoms with Gasteiger partial charge >= 0.3 is 5.97 Å². The summed E-state index contributed by atoms with van der Waals surface area (Å²) < 4.78 is 14.6. The summed E-state index contributed by atoms with van der Waals surface area (Å²) in [5.41, 5.74) is 5.43. The van der Waals surface area contributed by atoms with Gasteiger partial charge in [-0.05, 0) is 86.8 Å². The van der Waals surface area contributed by atoms with Crippen molar-refractivity contribution in [1.82, 2.24) is 5.32 Å². The van der Waals surface area contributed by atoms with Gasteiger partial charge in [-0.25, -0.2) is 9.18 Å². The lowest BCUT2D eigenvalue weighted by molar-refractivity contribution is 0.0696. The standard InChI is InChI=1S/C34H24FNO3S/c35-29-13-11-24(12-14-29)27-17-30(33(37)36-19-21-5-9-25(10-6-21)34(38)39)32-28(20-40-31(32)18-27)16-22-7-8-23-3-1-2-4-26(23)15-22/h1-15,17-18,20H,16,19H2,(H,36,37)(H,38,39). The van der Waals surface area contributed by atoms with E-state index in [-0.39, 0.29) is 23.8 Å². The van der Waals surface area contributed by atoms with Gasteiger partial charge in [0.05, 0.1) is 5.56 Å². The number of amides is 1. The summed E-state index contributed by atoms with van der Waals surface area (Å²) in [6, 6.07) is 31.3. The van der Waals surface area contributed by atoms with E-state index in [0.717, 1.165) is 37.9 Å². The number of benzene rings is 5. The van der Waals surface area contributed by atoms with Crippen LogP contribution in [0.1, 0.15) is 37.4 Å². The molecule has 5 aromatic carbocycles. The first-order chi connectivity index (χ1) is 19.4. The Labute approximate surface area is 234 Å². The lowest BCUT2D eigenvalue weighted by atomic mass is 9.95. The first-order valence-electron chi connectivity index (χ1n) is 12.8. The molecular formula is C34H24FNO3S. The Hall–Kier alpha value is -4.81. The minimum atomic E-state index is -0.994. The Morgan fingerprint density at radius 2 is 1.50 bits per heavy atom. The highest BCUT2D eigenvalue weighted by atomic mass is 32.1. The van der Waals surface area contributed by atoms with E-state index in [1.807, 2.05) is 18.2 Å². The molecule has 40 heavy (non-hydrogen) atoms. The summed E-state index contributed by atoms with van der Waals surface area (Å²) in [4.78, 5) is 24.8. The average Bonchev–Trinajstić information content (AvgIpc) is 3.38. The summed E-state index contributed by atoms with van der Waals surface area (Å²) in [6.45, 7) is 0.255. The van der Waals surface area contributed by atoms with Crippen LogP contribution in [0.5, 0.6) is 0 Å². The molecule has 0 bridgehead atoms. The van der Waals surface area contributed by atoms with E-state index in [9.17, 15) is 14.0 Å². The van der Waals surface area contributed by atoms with E-state index in [2.05, 4.69) is 47.1 Å². The first kappa shape index (κ1) is 25.5. The number of carbonyl (C=O) groups excluding carboxylic acids is 1. The van der Waals surface area contributed by atoms with Gasteiger partial charge in [0.1, 0.15) is 5.82 Å². The normalized spacial score (nSPS) is 11.1. The second-order valence-corrected chi connectivity index (χ2v) is 10.6. The van der Waals surface area contributed by atoms with E-state index in [4.69, 9.17) is 5.11 Å². The Bertz CT molecular complexity index is 1870. The van der Waals surface area contributed by atoms with Crippen molar-refractivity contribution in [2.75, 3.05) is 0 Å². The molecule has 0 aliphatic rings. The molecule has 0 saturated heterocycles. The van der Waals surface area contributed by atoms with Crippen LogP contribution in [0.4, 0.5) is 4.39 Å². The molecule has 1 heterocycles. The van der Waals surface area contributed by atoms with Gasteiger partial charge in [0, 0.05) is 22.2 Å². The van der Waals surface area contributed by atoms with Gasteiger partial charge in [-0.3, -0.25) is 4.79 Å². The third-order valence-electron chi connectivity index (χ3n) is 7.04. The number of carboxylic acid groups (broad SMARTS) is 1. The molecule has 6 heteroatoms. The van der Waals surface area contributed by atoms with Crippen molar-refractivity contribution < 1.29 is 19.1 Å². The van der Waals surface area contributed by atoms with Crippen molar-refractivity contribution in [2.45, 2.75) is 13.0 Å². The van der Waals surface area contributed by atoms with E-state index in [1.165, 1.54) is 35.0 Å². The zero-order chi connectivity index (χ0) is 27.6. The molecule has 196 valence electrons. The van der Waals surface area contributed by atoms with Gasteiger partial charge in [-0.2, -0.15) is 0 Å². The van der Waals surface area contributed by atoms with Crippen molar-refractivity contribution in [2.24, 2.45) is 0 Å². The number of thiophene rings is 1. The molecule has 0 unspecified atom stereocenters. The highest BCUT2D eigenvalue weighted by Gasteiger charge is 2.18. The van der Waals surface area contributed by atoms with Crippen LogP contribution in [-0.2, 0) is 13.0 Å². The molecule has 0 aliphatic heterocycles. The minimum absolute atomic E-state index is 0.195. The Morgan fingerprint density at radius 1 is 0.775 bits per heavy atom. The van der Waals surface area contributed by atoms with Crippen LogP contribution < -0.4 is 5.32 Å². The van der Waals surface area contributed by atoms with E-state index in [1.54, 1.807) is 35.6 Å². The van der Waals surface area contributed by atoms with Gasteiger partial charge < -0.3 is 10.4 Å². The van der Waals surface area contributed by atoms with Gasteiger partial charge in [-0.15, -0.1) is 11.3 Å². The number of nitrogens with one attached hydrogen (secondary N) is 1. The number of rotatable bonds is 7. The third kappa shape index (κ3) is 5.22. The second kappa shape index (κ2) is 10.8. The highest BCUT2D eigenvalue weighted by molar-refractivity contribution is 7.17. The molecule has 0 atom stereocenters. The van der Waals surface area contributed by atoms with Crippen LogP contribution in [0.2, 0.25) is 0 Å². The summed E-state index contributed by atoms with van der Waals surface area (Å²) in [6.07, 6.45) is 0.678. The quantitative estimate of drug-likeness (QED) is 0.213. The van der Waals surface area contributed by atoms with Crippen LogP contribution in [0, 0.1) is 5.82 Å². The number of hydrogen-bond donors (Lipinski definition) is 2. The maximum Gasteiger partial charge on any atom is 0.335 e. The fraction of sp³-hybridized carbons (Fsp3) is 0.0588. The van der Waals surface area contributed by atoms with Gasteiger partial charge in [0.15, 0.2) is 0 Å². The molecule has 0 saturated carbocycles. The minimum Gasteiger partial charge on any atom is -0.478 e. The Kier molecular flexibility index (Phi) is 6.84. The molecular weight excluding hydrogens is 521 g/mol. The predicted molar refractivity (Wildman–Crippen MR) is 159 cm³/mol. The number of hydrogen-bond acceptors (Lipinski definition) is 3. The molecule has 0 radical (unpaired) electrons. The molecule has 0 spiro atoms. The van der Waals surface area contributed by atoms with Crippen LogP contribution in [0.15, 0.2) is 109 Å². The van der Waals surface area contributed by atoms with E-state index in [0.29, 0.717) is 12.0 Å². The third-order valence-corrected chi connectivity index (χ3v) is 8.01. The average molecular weight is 546 g/mol. The Balaban J connectivity index is 1.37. The van der Waals surface area contributed by atoms with Crippen molar-refractivity contribution in [3.8, 4) is 11.1 Å². The van der Waals surface area contributed by atoms with Gasteiger partial charge in [0.25, 0.3) is 5.91 Å². The highest BCUT2D eigenvalue weighted by Crippen LogP contribution is 2.36. The molecule has 2 N–H and O–H groups in total. The van der Waals surface area contributed by atoms with Crippen molar-refractivity contribution in [3.63, 3.8) is 0 Å². The SMILES string of the molecule is O=C(O)c1ccc(CNC(=O)c2cc(-c3ccc(F)cc3)cc3scc(Cc4ccc5ccccc5c4)c23)cc1. The smallest absolute Gasteiger partial charge is 0.335 e. The lowest BCUT2D eigenvalue weighted by Crippen LogP contribution is -2.23. The second-order valence-electron chi connectivity index (χ2n) is 9.71. The number of halogens is 1. The lowest BCUT2D eigenvalue weighted by Gasteiger charge is -2.12. The number of carboxylic acids is 1. The summed E-state index contributed by atoms with van der Waals surface area (Å²) in [7, 11) is 0. The molecule has 0 aliphatic carbocycles. The summed E-state index contributed by atoms with van der Waals surface area (Å²) >= 11 is 1.59. The number of carbonyl (C=O) groups is 2. The van der Waals surface area contributed by atoms with Crippen molar-refractivity contribution >= 4 is 44.1 Å². The molecule has 1 amide bonds. The fourth-order valence-electron chi connectivity index (χ4n) is 4.96. The first-order valence-corrected chi connectivity index (χ1v) is 13.7. The fourth-order valence-corrected chi connectivity index (χ4v) is 5.99. The number of aromatic carboxylic acids is 1. The molecule has 6 rings (SSSR count). The van der Waals surface area contributed by atoms with Crippen LogP contribution in [-0.4, -0.2) is 17.0 Å². The van der Waals surface area contributed by atoms with Crippen LogP contribution in [0.3, 0.4) is 0 Å². The van der Waals surface area contributed by atoms with E-state index >= 15 is 0 Å².